The fourth-order valence-electron chi connectivity index (χ4n) is 1.84. The second-order valence-electron chi connectivity index (χ2n) is 3.98. The molecular formula is C13H13BrClNO2. The van der Waals surface area contributed by atoms with Crippen molar-refractivity contribution in [2.24, 2.45) is 5.73 Å². The van der Waals surface area contributed by atoms with Gasteiger partial charge in [0.1, 0.15) is 11.9 Å². The van der Waals surface area contributed by atoms with Crippen LogP contribution in [0.3, 0.4) is 0 Å². The third kappa shape index (κ3) is 2.95. The summed E-state index contributed by atoms with van der Waals surface area (Å²) in [5.41, 5.74) is 6.70. The van der Waals surface area contributed by atoms with Gasteiger partial charge >= 0.3 is 0 Å². The first-order valence-electron chi connectivity index (χ1n) is 5.50. The van der Waals surface area contributed by atoms with Gasteiger partial charge in [-0.25, -0.2) is 0 Å². The molecule has 3 nitrogen and oxygen atoms in total. The molecule has 2 rings (SSSR count). The monoisotopic (exact) mass is 329 g/mol. The zero-order valence-corrected chi connectivity index (χ0v) is 11.9. The van der Waals surface area contributed by atoms with E-state index in [4.69, 9.17) is 21.8 Å². The summed E-state index contributed by atoms with van der Waals surface area (Å²) < 4.78 is 6.21. The minimum Gasteiger partial charge on any atom is -0.447 e. The van der Waals surface area contributed by atoms with Gasteiger partial charge < -0.3 is 15.3 Å². The van der Waals surface area contributed by atoms with E-state index >= 15 is 0 Å². The van der Waals surface area contributed by atoms with Crippen LogP contribution < -0.4 is 5.73 Å². The molecule has 0 aliphatic heterocycles. The summed E-state index contributed by atoms with van der Waals surface area (Å²) in [5, 5.41) is 10.5. The van der Waals surface area contributed by atoms with Crippen LogP contribution >= 0.6 is 27.5 Å². The van der Waals surface area contributed by atoms with Crippen molar-refractivity contribution in [2.75, 3.05) is 6.54 Å². The fourth-order valence-corrected chi connectivity index (χ4v) is 2.26. The Bertz CT molecular complexity index is 512. The van der Waals surface area contributed by atoms with Crippen molar-refractivity contribution in [3.63, 3.8) is 0 Å². The highest BCUT2D eigenvalue weighted by Gasteiger charge is 2.24. The molecule has 0 aliphatic rings. The minimum atomic E-state index is -0.802. The van der Waals surface area contributed by atoms with E-state index in [1.165, 1.54) is 0 Å². The number of halogens is 2. The molecule has 2 atom stereocenters. The molecule has 0 saturated heterocycles. The van der Waals surface area contributed by atoms with E-state index in [0.717, 1.165) is 10.0 Å². The Morgan fingerprint density at radius 2 is 1.89 bits per heavy atom. The molecular weight excluding hydrogens is 318 g/mol. The summed E-state index contributed by atoms with van der Waals surface area (Å²) in [6.45, 7) is 0.321. The van der Waals surface area contributed by atoms with E-state index in [-0.39, 0.29) is 11.1 Å². The normalized spacial score (nSPS) is 14.4. The number of hydrogen-bond donors (Lipinski definition) is 2. The van der Waals surface area contributed by atoms with Crippen LogP contribution in [-0.4, -0.2) is 11.7 Å². The van der Waals surface area contributed by atoms with Crippen LogP contribution in [0.5, 0.6) is 0 Å². The summed E-state index contributed by atoms with van der Waals surface area (Å²) >= 11 is 9.08. The lowest BCUT2D eigenvalue weighted by Crippen LogP contribution is -2.19. The van der Waals surface area contributed by atoms with Gasteiger partial charge in [0, 0.05) is 16.9 Å². The van der Waals surface area contributed by atoms with Crippen molar-refractivity contribution in [1.29, 1.82) is 0 Å². The van der Waals surface area contributed by atoms with Gasteiger partial charge in [-0.1, -0.05) is 28.1 Å². The first-order valence-corrected chi connectivity index (χ1v) is 6.67. The zero-order valence-electron chi connectivity index (χ0n) is 9.51. The number of hydrogen-bond acceptors (Lipinski definition) is 3. The molecule has 0 saturated carbocycles. The zero-order chi connectivity index (χ0) is 13.1. The number of benzene rings is 1. The van der Waals surface area contributed by atoms with Crippen molar-refractivity contribution in [2.45, 2.75) is 12.0 Å². The third-order valence-corrected chi connectivity index (χ3v) is 3.55. The molecule has 1 aromatic heterocycles. The van der Waals surface area contributed by atoms with Crippen LogP contribution in [0.25, 0.3) is 0 Å². The summed E-state index contributed by atoms with van der Waals surface area (Å²) in [5.74, 6) is 0.207. The van der Waals surface area contributed by atoms with Crippen molar-refractivity contribution in [1.82, 2.24) is 0 Å². The van der Waals surface area contributed by atoms with Gasteiger partial charge in [0.05, 0.1) is 0 Å². The summed E-state index contributed by atoms with van der Waals surface area (Å²) in [4.78, 5) is 0. The predicted molar refractivity (Wildman–Crippen MR) is 74.6 cm³/mol. The molecule has 0 spiro atoms. The van der Waals surface area contributed by atoms with E-state index < -0.39 is 6.10 Å². The number of rotatable bonds is 4. The van der Waals surface area contributed by atoms with Crippen molar-refractivity contribution < 1.29 is 9.52 Å². The number of aliphatic hydroxyl groups is 1. The Morgan fingerprint density at radius 3 is 2.39 bits per heavy atom. The maximum atomic E-state index is 10.3. The van der Waals surface area contributed by atoms with Crippen molar-refractivity contribution >= 4 is 27.5 Å². The van der Waals surface area contributed by atoms with Gasteiger partial charge in [0.15, 0.2) is 5.22 Å². The Balaban J connectivity index is 2.25. The molecule has 96 valence electrons. The van der Waals surface area contributed by atoms with Gasteiger partial charge in [0.25, 0.3) is 0 Å². The molecule has 1 heterocycles. The van der Waals surface area contributed by atoms with Crippen LogP contribution in [0, 0.1) is 0 Å². The molecule has 2 aromatic rings. The number of nitrogens with two attached hydrogens (primary N) is 1. The maximum Gasteiger partial charge on any atom is 0.193 e. The Labute approximate surface area is 119 Å². The van der Waals surface area contributed by atoms with Crippen LogP contribution in [0.15, 0.2) is 45.3 Å². The highest BCUT2D eigenvalue weighted by molar-refractivity contribution is 9.10. The first kappa shape index (κ1) is 13.6. The molecule has 2 unspecified atom stereocenters. The quantitative estimate of drug-likeness (QED) is 0.902. The van der Waals surface area contributed by atoms with E-state index in [0.29, 0.717) is 12.3 Å². The molecule has 0 bridgehead atoms. The summed E-state index contributed by atoms with van der Waals surface area (Å²) in [7, 11) is 0. The molecule has 0 amide bonds. The highest BCUT2D eigenvalue weighted by Crippen LogP contribution is 2.32. The largest absolute Gasteiger partial charge is 0.447 e. The van der Waals surface area contributed by atoms with Crippen molar-refractivity contribution in [3.05, 3.63) is 57.4 Å². The SMILES string of the molecule is NCC(c1ccc(Br)cc1)C(O)c1ccc(Cl)o1. The van der Waals surface area contributed by atoms with Crippen LogP contribution in [0.1, 0.15) is 23.3 Å². The van der Waals surface area contributed by atoms with Gasteiger partial charge in [-0.05, 0) is 41.4 Å². The lowest BCUT2D eigenvalue weighted by Gasteiger charge is -2.20. The summed E-state index contributed by atoms with van der Waals surface area (Å²) in [6.07, 6.45) is -0.802. The number of furan rings is 1. The van der Waals surface area contributed by atoms with Crippen LogP contribution in [-0.2, 0) is 0 Å². The second kappa shape index (κ2) is 5.89. The fraction of sp³-hybridized carbons (Fsp3) is 0.231. The van der Waals surface area contributed by atoms with Crippen LogP contribution in [0.2, 0.25) is 5.22 Å². The van der Waals surface area contributed by atoms with E-state index in [2.05, 4.69) is 15.9 Å². The van der Waals surface area contributed by atoms with Gasteiger partial charge in [-0.2, -0.15) is 0 Å². The molecule has 18 heavy (non-hydrogen) atoms. The molecule has 1 aromatic carbocycles. The lowest BCUT2D eigenvalue weighted by molar-refractivity contribution is 0.122. The van der Waals surface area contributed by atoms with Crippen LogP contribution in [0.4, 0.5) is 0 Å². The average molecular weight is 331 g/mol. The van der Waals surface area contributed by atoms with Crippen molar-refractivity contribution in [3.8, 4) is 0 Å². The Morgan fingerprint density at radius 1 is 1.22 bits per heavy atom. The van der Waals surface area contributed by atoms with Gasteiger partial charge in [0.2, 0.25) is 0 Å². The highest BCUT2D eigenvalue weighted by atomic mass is 79.9. The Hall–Kier alpha value is -0.810. The average Bonchev–Trinajstić information content (AvgIpc) is 2.79. The smallest absolute Gasteiger partial charge is 0.193 e. The summed E-state index contributed by atoms with van der Waals surface area (Å²) in [6, 6.07) is 11.0. The van der Waals surface area contributed by atoms with Gasteiger partial charge in [-0.15, -0.1) is 0 Å². The molecule has 0 aliphatic carbocycles. The topological polar surface area (TPSA) is 59.4 Å². The standard InChI is InChI=1S/C13H13BrClNO2/c14-9-3-1-8(2-4-9)10(7-16)13(17)11-5-6-12(15)18-11/h1-6,10,13,17H,7,16H2. The van der Waals surface area contributed by atoms with Gasteiger partial charge in [-0.3, -0.25) is 0 Å². The lowest BCUT2D eigenvalue weighted by atomic mass is 9.92. The maximum absolute atomic E-state index is 10.3. The number of aliphatic hydroxyl groups excluding tert-OH is 1. The van der Waals surface area contributed by atoms with E-state index in [1.54, 1.807) is 12.1 Å². The second-order valence-corrected chi connectivity index (χ2v) is 5.27. The van der Waals surface area contributed by atoms with E-state index in [1.807, 2.05) is 24.3 Å². The third-order valence-electron chi connectivity index (χ3n) is 2.82. The molecule has 0 fully saturated rings. The Kier molecular flexibility index (Phi) is 4.45. The molecule has 3 N–H and O–H groups in total. The minimum absolute atomic E-state index is 0.222. The molecule has 5 heteroatoms. The van der Waals surface area contributed by atoms with E-state index in [9.17, 15) is 5.11 Å². The molecule has 0 radical (unpaired) electrons. The first-order chi connectivity index (χ1) is 8.61. The predicted octanol–water partition coefficient (Wildman–Crippen LogP) is 3.47.